The Labute approximate surface area is 160 Å². The molecule has 28 heavy (non-hydrogen) atoms. The molecule has 1 aromatic carbocycles. The van der Waals surface area contributed by atoms with E-state index in [0.29, 0.717) is 5.76 Å². The zero-order chi connectivity index (χ0) is 20.3. The highest BCUT2D eigenvalue weighted by Gasteiger charge is 2.35. The smallest absolute Gasteiger partial charge is 0.338 e. The summed E-state index contributed by atoms with van der Waals surface area (Å²) in [5.74, 6) is -1.64. The minimum absolute atomic E-state index is 0.0761. The first-order chi connectivity index (χ1) is 13.4. The van der Waals surface area contributed by atoms with E-state index in [2.05, 4.69) is 11.9 Å². The Hall–Kier alpha value is -3.68. The molecule has 144 valence electrons. The number of hydrogen-bond donors (Lipinski definition) is 1. The quantitative estimate of drug-likeness (QED) is 0.447. The molecule has 1 aliphatic heterocycles. The van der Waals surface area contributed by atoms with Crippen LogP contribution in [0.15, 0.2) is 53.7 Å². The van der Waals surface area contributed by atoms with Crippen molar-refractivity contribution < 1.29 is 28.3 Å². The first kappa shape index (κ1) is 19.1. The number of imide groups is 1. The van der Waals surface area contributed by atoms with Crippen molar-refractivity contribution >= 4 is 23.7 Å². The summed E-state index contributed by atoms with van der Waals surface area (Å²) in [5.41, 5.74) is 0.415. The SMILES string of the molecule is C=CCN1C(=O)c2ccc(C(=O)OCC(=O)N[C@@H](C)c3ccco3)cc2C1=O. The monoisotopic (exact) mass is 382 g/mol. The molecule has 0 saturated carbocycles. The van der Waals surface area contributed by atoms with Crippen molar-refractivity contribution in [2.24, 2.45) is 0 Å². The normalized spacial score (nSPS) is 13.8. The van der Waals surface area contributed by atoms with Crippen molar-refractivity contribution in [3.05, 3.63) is 71.7 Å². The van der Waals surface area contributed by atoms with Gasteiger partial charge in [0, 0.05) is 6.54 Å². The van der Waals surface area contributed by atoms with E-state index < -0.39 is 30.3 Å². The van der Waals surface area contributed by atoms with E-state index in [-0.39, 0.29) is 29.3 Å². The standard InChI is InChI=1S/C20H18N2O6/c1-3-8-22-18(24)14-7-6-13(10-15(14)19(22)25)20(26)28-11-17(23)21-12(2)16-5-4-9-27-16/h3-7,9-10,12H,1,8,11H2,2H3,(H,21,23)/t12-/m0/s1. The fourth-order valence-corrected chi connectivity index (χ4v) is 2.82. The molecule has 0 radical (unpaired) electrons. The first-order valence-corrected chi connectivity index (χ1v) is 8.53. The fraction of sp³-hybridized carbons (Fsp3) is 0.200. The Morgan fingerprint density at radius 3 is 2.68 bits per heavy atom. The van der Waals surface area contributed by atoms with Gasteiger partial charge < -0.3 is 14.5 Å². The third kappa shape index (κ3) is 3.71. The second-order valence-electron chi connectivity index (χ2n) is 6.15. The summed E-state index contributed by atoms with van der Waals surface area (Å²) >= 11 is 0. The summed E-state index contributed by atoms with van der Waals surface area (Å²) in [6, 6.07) is 7.12. The van der Waals surface area contributed by atoms with Gasteiger partial charge in [-0.1, -0.05) is 6.08 Å². The Kier molecular flexibility index (Phi) is 5.39. The molecule has 0 spiro atoms. The molecule has 0 unspecified atom stereocenters. The van der Waals surface area contributed by atoms with Crippen molar-refractivity contribution in [2.75, 3.05) is 13.2 Å². The van der Waals surface area contributed by atoms with Crippen LogP contribution in [0, 0.1) is 0 Å². The van der Waals surface area contributed by atoms with Gasteiger partial charge in [-0.3, -0.25) is 19.3 Å². The Bertz CT molecular complexity index is 948. The minimum Gasteiger partial charge on any atom is -0.467 e. The molecule has 0 aliphatic carbocycles. The topological polar surface area (TPSA) is 106 Å². The Morgan fingerprint density at radius 1 is 1.25 bits per heavy atom. The summed E-state index contributed by atoms with van der Waals surface area (Å²) in [6.07, 6.45) is 2.94. The molecule has 8 nitrogen and oxygen atoms in total. The minimum atomic E-state index is -0.772. The number of hydrogen-bond acceptors (Lipinski definition) is 6. The van der Waals surface area contributed by atoms with Crippen LogP contribution in [0.3, 0.4) is 0 Å². The number of fused-ring (bicyclic) bond motifs is 1. The maximum absolute atomic E-state index is 12.3. The molecule has 1 aliphatic rings. The molecule has 3 rings (SSSR count). The van der Waals surface area contributed by atoms with Crippen LogP contribution in [0.2, 0.25) is 0 Å². The number of esters is 1. The number of carbonyl (C=O) groups is 4. The summed E-state index contributed by atoms with van der Waals surface area (Å²) < 4.78 is 10.2. The average molecular weight is 382 g/mol. The van der Waals surface area contributed by atoms with Crippen LogP contribution in [-0.4, -0.2) is 41.7 Å². The lowest BCUT2D eigenvalue weighted by Crippen LogP contribution is -2.31. The van der Waals surface area contributed by atoms with E-state index in [9.17, 15) is 19.2 Å². The summed E-state index contributed by atoms with van der Waals surface area (Å²) in [7, 11) is 0. The van der Waals surface area contributed by atoms with Gasteiger partial charge in [0.2, 0.25) is 0 Å². The van der Waals surface area contributed by atoms with Gasteiger partial charge in [0.1, 0.15) is 5.76 Å². The zero-order valence-corrected chi connectivity index (χ0v) is 15.1. The Balaban J connectivity index is 1.61. The maximum atomic E-state index is 12.3. The predicted octanol–water partition coefficient (Wildman–Crippen LogP) is 2.10. The maximum Gasteiger partial charge on any atom is 0.338 e. The molecule has 0 bridgehead atoms. The van der Waals surface area contributed by atoms with Crippen LogP contribution in [0.1, 0.15) is 49.8 Å². The lowest BCUT2D eigenvalue weighted by atomic mass is 10.1. The molecular weight excluding hydrogens is 364 g/mol. The van der Waals surface area contributed by atoms with Gasteiger partial charge in [-0.15, -0.1) is 6.58 Å². The van der Waals surface area contributed by atoms with Crippen LogP contribution >= 0.6 is 0 Å². The van der Waals surface area contributed by atoms with Gasteiger partial charge in [0.05, 0.1) is 29.0 Å². The number of furan rings is 1. The first-order valence-electron chi connectivity index (χ1n) is 8.53. The number of benzene rings is 1. The van der Waals surface area contributed by atoms with Gasteiger partial charge in [-0.25, -0.2) is 4.79 Å². The van der Waals surface area contributed by atoms with Crippen LogP contribution in [0.5, 0.6) is 0 Å². The molecule has 2 heterocycles. The molecule has 3 amide bonds. The number of amides is 3. The average Bonchev–Trinajstić information content (AvgIpc) is 3.30. The van der Waals surface area contributed by atoms with E-state index >= 15 is 0 Å². The van der Waals surface area contributed by atoms with Crippen molar-refractivity contribution in [1.82, 2.24) is 10.2 Å². The second-order valence-corrected chi connectivity index (χ2v) is 6.15. The van der Waals surface area contributed by atoms with Crippen molar-refractivity contribution in [2.45, 2.75) is 13.0 Å². The highest BCUT2D eigenvalue weighted by atomic mass is 16.5. The Morgan fingerprint density at radius 2 is 2.00 bits per heavy atom. The third-order valence-corrected chi connectivity index (χ3v) is 4.20. The molecule has 1 N–H and O–H groups in total. The summed E-state index contributed by atoms with van der Waals surface area (Å²) in [4.78, 5) is 49.7. The van der Waals surface area contributed by atoms with E-state index in [1.165, 1.54) is 30.5 Å². The van der Waals surface area contributed by atoms with E-state index in [1.54, 1.807) is 19.1 Å². The lowest BCUT2D eigenvalue weighted by molar-refractivity contribution is -0.125. The molecule has 0 fully saturated rings. The third-order valence-electron chi connectivity index (χ3n) is 4.20. The fourth-order valence-electron chi connectivity index (χ4n) is 2.82. The van der Waals surface area contributed by atoms with Crippen LogP contribution < -0.4 is 5.32 Å². The number of carbonyl (C=O) groups excluding carboxylic acids is 4. The molecule has 8 heteroatoms. The second kappa shape index (κ2) is 7.91. The van der Waals surface area contributed by atoms with Crippen molar-refractivity contribution in [1.29, 1.82) is 0 Å². The largest absolute Gasteiger partial charge is 0.467 e. The van der Waals surface area contributed by atoms with Gasteiger partial charge in [-0.2, -0.15) is 0 Å². The number of nitrogens with one attached hydrogen (secondary N) is 1. The van der Waals surface area contributed by atoms with Gasteiger partial charge in [0.25, 0.3) is 17.7 Å². The molecule has 0 saturated heterocycles. The summed E-state index contributed by atoms with van der Waals surface area (Å²) in [5, 5.41) is 2.64. The van der Waals surface area contributed by atoms with Crippen LogP contribution in [0.4, 0.5) is 0 Å². The number of rotatable bonds is 7. The van der Waals surface area contributed by atoms with Crippen LogP contribution in [0.25, 0.3) is 0 Å². The highest BCUT2D eigenvalue weighted by Crippen LogP contribution is 2.24. The van der Waals surface area contributed by atoms with Gasteiger partial charge in [-0.05, 0) is 37.3 Å². The number of ether oxygens (including phenoxy) is 1. The molecular formula is C20H18N2O6. The van der Waals surface area contributed by atoms with Crippen LogP contribution in [-0.2, 0) is 9.53 Å². The predicted molar refractivity (Wildman–Crippen MR) is 97.6 cm³/mol. The van der Waals surface area contributed by atoms with Crippen molar-refractivity contribution in [3.63, 3.8) is 0 Å². The van der Waals surface area contributed by atoms with E-state index in [0.717, 1.165) is 4.90 Å². The molecule has 1 aromatic heterocycles. The lowest BCUT2D eigenvalue weighted by Gasteiger charge is -2.11. The van der Waals surface area contributed by atoms with Gasteiger partial charge >= 0.3 is 5.97 Å². The van der Waals surface area contributed by atoms with E-state index in [1.807, 2.05) is 0 Å². The van der Waals surface area contributed by atoms with Crippen molar-refractivity contribution in [3.8, 4) is 0 Å². The highest BCUT2D eigenvalue weighted by molar-refractivity contribution is 6.22. The molecule has 2 aromatic rings. The number of nitrogens with zero attached hydrogens (tertiary/aromatic N) is 1. The molecule has 1 atom stereocenters. The summed E-state index contributed by atoms with van der Waals surface area (Å²) in [6.45, 7) is 4.84. The zero-order valence-electron chi connectivity index (χ0n) is 15.1. The van der Waals surface area contributed by atoms with E-state index in [4.69, 9.17) is 9.15 Å². The van der Waals surface area contributed by atoms with Gasteiger partial charge in [0.15, 0.2) is 6.61 Å².